The molecule has 0 aliphatic heterocycles. The molecule has 0 heterocycles. The van der Waals surface area contributed by atoms with Crippen molar-refractivity contribution in [2.24, 2.45) is 0 Å². The zero-order chi connectivity index (χ0) is 24.7. The number of nitrogens with one attached hydrogen (secondary N) is 1. The molecular weight excluding hydrogens is 464 g/mol. The van der Waals surface area contributed by atoms with Crippen LogP contribution >= 0.6 is 0 Å². The van der Waals surface area contributed by atoms with Gasteiger partial charge in [-0.25, -0.2) is 8.42 Å². The molecular formula is C27H24N2O5S. The van der Waals surface area contributed by atoms with E-state index in [1.165, 1.54) is 0 Å². The molecule has 0 aliphatic carbocycles. The third kappa shape index (κ3) is 6.61. The second-order valence-electron chi connectivity index (χ2n) is 7.64. The van der Waals surface area contributed by atoms with Crippen molar-refractivity contribution in [3.8, 4) is 23.0 Å². The summed E-state index contributed by atoms with van der Waals surface area (Å²) >= 11 is 0. The number of benzene rings is 4. The van der Waals surface area contributed by atoms with E-state index in [4.69, 9.17) is 9.47 Å². The van der Waals surface area contributed by atoms with Gasteiger partial charge in [-0.05, 0) is 60.7 Å². The molecule has 4 rings (SSSR count). The van der Waals surface area contributed by atoms with Gasteiger partial charge in [0.2, 0.25) is 15.9 Å². The molecule has 0 fully saturated rings. The first kappa shape index (κ1) is 23.8. The van der Waals surface area contributed by atoms with Gasteiger partial charge in [0.15, 0.2) is 5.75 Å². The zero-order valence-electron chi connectivity index (χ0n) is 19.0. The number of rotatable bonds is 9. The molecule has 0 saturated heterocycles. The molecule has 4 aromatic rings. The van der Waals surface area contributed by atoms with Crippen molar-refractivity contribution in [1.29, 1.82) is 0 Å². The second-order valence-corrected chi connectivity index (χ2v) is 9.54. The highest BCUT2D eigenvalue weighted by atomic mass is 32.2. The zero-order valence-corrected chi connectivity index (χ0v) is 19.8. The van der Waals surface area contributed by atoms with Gasteiger partial charge >= 0.3 is 0 Å². The number of anilines is 2. The Morgan fingerprint density at radius 1 is 0.714 bits per heavy atom. The van der Waals surface area contributed by atoms with Crippen LogP contribution < -0.4 is 19.1 Å². The Bertz CT molecular complexity index is 1380. The van der Waals surface area contributed by atoms with Gasteiger partial charge in [0, 0.05) is 0 Å². The van der Waals surface area contributed by atoms with Gasteiger partial charge in [-0.2, -0.15) is 0 Å². The number of hydrogen-bond acceptors (Lipinski definition) is 5. The van der Waals surface area contributed by atoms with Crippen molar-refractivity contribution in [3.05, 3.63) is 109 Å². The van der Waals surface area contributed by atoms with Crippen LogP contribution in [-0.4, -0.2) is 27.1 Å². The predicted molar refractivity (Wildman–Crippen MR) is 137 cm³/mol. The van der Waals surface area contributed by atoms with Gasteiger partial charge in [0.05, 0.1) is 17.6 Å². The lowest BCUT2D eigenvalue weighted by Gasteiger charge is -2.22. The predicted octanol–water partition coefficient (Wildman–Crippen LogP) is 5.68. The second kappa shape index (κ2) is 10.8. The first-order valence-corrected chi connectivity index (χ1v) is 12.7. The summed E-state index contributed by atoms with van der Waals surface area (Å²) in [6.45, 7) is -0.405. The van der Waals surface area contributed by atoms with E-state index in [-0.39, 0.29) is 0 Å². The van der Waals surface area contributed by atoms with Crippen LogP contribution in [0.2, 0.25) is 0 Å². The van der Waals surface area contributed by atoms with E-state index in [1.54, 1.807) is 60.7 Å². The fourth-order valence-electron chi connectivity index (χ4n) is 3.30. The number of para-hydroxylation sites is 4. The fraction of sp³-hybridized carbons (Fsp3) is 0.0741. The molecule has 0 spiro atoms. The van der Waals surface area contributed by atoms with Gasteiger partial charge < -0.3 is 14.8 Å². The Balaban J connectivity index is 1.48. The summed E-state index contributed by atoms with van der Waals surface area (Å²) in [5.41, 5.74) is 0.776. The molecule has 178 valence electrons. The third-order valence-electron chi connectivity index (χ3n) is 4.92. The summed E-state index contributed by atoms with van der Waals surface area (Å²) in [6.07, 6.45) is 1.06. The molecule has 0 aromatic heterocycles. The lowest BCUT2D eigenvalue weighted by molar-refractivity contribution is -0.114. The summed E-state index contributed by atoms with van der Waals surface area (Å²) in [5, 5.41) is 2.75. The van der Waals surface area contributed by atoms with Crippen molar-refractivity contribution < 1.29 is 22.7 Å². The maximum absolute atomic E-state index is 12.9. The van der Waals surface area contributed by atoms with Gasteiger partial charge in [0.1, 0.15) is 23.8 Å². The van der Waals surface area contributed by atoms with E-state index in [2.05, 4.69) is 5.32 Å². The van der Waals surface area contributed by atoms with Crippen LogP contribution in [0.4, 0.5) is 11.4 Å². The quantitative estimate of drug-likeness (QED) is 0.328. The van der Waals surface area contributed by atoms with Crippen molar-refractivity contribution in [2.75, 3.05) is 22.4 Å². The van der Waals surface area contributed by atoms with Gasteiger partial charge in [-0.3, -0.25) is 9.10 Å². The minimum absolute atomic E-state index is 0.344. The summed E-state index contributed by atoms with van der Waals surface area (Å²) < 4.78 is 37.7. The molecule has 0 radical (unpaired) electrons. The van der Waals surface area contributed by atoms with Crippen LogP contribution in [0, 0.1) is 0 Å². The topological polar surface area (TPSA) is 84.9 Å². The van der Waals surface area contributed by atoms with Crippen molar-refractivity contribution in [1.82, 2.24) is 0 Å². The first-order chi connectivity index (χ1) is 16.9. The Hall–Kier alpha value is -4.30. The number of carbonyl (C=O) groups is 1. The average Bonchev–Trinajstić information content (AvgIpc) is 2.85. The van der Waals surface area contributed by atoms with Gasteiger partial charge in [-0.1, -0.05) is 48.5 Å². The normalized spacial score (nSPS) is 10.9. The fourth-order valence-corrected chi connectivity index (χ4v) is 4.16. The summed E-state index contributed by atoms with van der Waals surface area (Å²) in [7, 11) is -3.74. The van der Waals surface area contributed by atoms with Crippen LogP contribution in [0.5, 0.6) is 23.0 Å². The number of nitrogens with zero attached hydrogens (tertiary/aromatic N) is 1. The largest absolute Gasteiger partial charge is 0.457 e. The van der Waals surface area contributed by atoms with Gasteiger partial charge in [0.25, 0.3) is 0 Å². The van der Waals surface area contributed by atoms with E-state index in [9.17, 15) is 13.2 Å². The molecule has 0 atom stereocenters. The molecule has 0 saturated carbocycles. The maximum atomic E-state index is 12.9. The lowest BCUT2D eigenvalue weighted by atomic mass is 10.2. The number of amides is 1. The summed E-state index contributed by atoms with van der Waals surface area (Å²) in [6, 6.07) is 31.9. The molecule has 7 nitrogen and oxygen atoms in total. The van der Waals surface area contributed by atoms with Crippen molar-refractivity contribution >= 4 is 27.3 Å². The lowest BCUT2D eigenvalue weighted by Crippen LogP contribution is -2.37. The minimum atomic E-state index is -3.74. The third-order valence-corrected chi connectivity index (χ3v) is 6.06. The standard InChI is InChI=1S/C27H24N2O5S/c1-35(31,32)29(21-16-18-24(19-17-21)33-22-10-4-2-5-11-22)20-27(30)28-25-14-8-9-15-26(25)34-23-12-6-3-7-13-23/h2-19H,20H2,1H3,(H,28,30). The Morgan fingerprint density at radius 2 is 1.23 bits per heavy atom. The molecule has 1 amide bonds. The molecule has 4 aromatic carbocycles. The summed E-state index contributed by atoms with van der Waals surface area (Å²) in [5.74, 6) is 1.76. The number of ether oxygens (including phenoxy) is 2. The highest BCUT2D eigenvalue weighted by Gasteiger charge is 2.22. The molecule has 0 aliphatic rings. The monoisotopic (exact) mass is 488 g/mol. The molecule has 35 heavy (non-hydrogen) atoms. The highest BCUT2D eigenvalue weighted by molar-refractivity contribution is 7.92. The SMILES string of the molecule is CS(=O)(=O)N(CC(=O)Nc1ccccc1Oc1ccccc1)c1ccc(Oc2ccccc2)cc1. The van der Waals surface area contributed by atoms with E-state index < -0.39 is 22.5 Å². The smallest absolute Gasteiger partial charge is 0.245 e. The average molecular weight is 489 g/mol. The van der Waals surface area contributed by atoms with Crippen LogP contribution in [0.3, 0.4) is 0 Å². The van der Waals surface area contributed by atoms with Crippen molar-refractivity contribution in [2.45, 2.75) is 0 Å². The van der Waals surface area contributed by atoms with Crippen LogP contribution in [0.1, 0.15) is 0 Å². The number of sulfonamides is 1. The van der Waals surface area contributed by atoms with E-state index >= 15 is 0 Å². The van der Waals surface area contributed by atoms with Crippen LogP contribution in [-0.2, 0) is 14.8 Å². The van der Waals surface area contributed by atoms with E-state index in [0.717, 1.165) is 10.6 Å². The van der Waals surface area contributed by atoms with Crippen LogP contribution in [0.25, 0.3) is 0 Å². The molecule has 1 N–H and O–H groups in total. The minimum Gasteiger partial charge on any atom is -0.457 e. The van der Waals surface area contributed by atoms with Crippen LogP contribution in [0.15, 0.2) is 109 Å². The number of hydrogen-bond donors (Lipinski definition) is 1. The van der Waals surface area contributed by atoms with E-state index in [1.807, 2.05) is 48.5 Å². The molecule has 8 heteroatoms. The Morgan fingerprint density at radius 3 is 1.83 bits per heavy atom. The van der Waals surface area contributed by atoms with Crippen molar-refractivity contribution in [3.63, 3.8) is 0 Å². The molecule has 0 unspecified atom stereocenters. The molecule has 0 bridgehead atoms. The van der Waals surface area contributed by atoms with E-state index in [0.29, 0.717) is 34.4 Å². The summed E-state index contributed by atoms with van der Waals surface area (Å²) in [4.78, 5) is 12.9. The highest BCUT2D eigenvalue weighted by Crippen LogP contribution is 2.30. The Kier molecular flexibility index (Phi) is 7.32. The van der Waals surface area contributed by atoms with Gasteiger partial charge in [-0.15, -0.1) is 0 Å². The Labute approximate surface area is 204 Å². The first-order valence-electron chi connectivity index (χ1n) is 10.8. The number of carbonyl (C=O) groups excluding carboxylic acids is 1. The maximum Gasteiger partial charge on any atom is 0.245 e.